The number of benzene rings is 3. The van der Waals surface area contributed by atoms with Gasteiger partial charge in [0.15, 0.2) is 0 Å². The van der Waals surface area contributed by atoms with E-state index in [0.29, 0.717) is 36.9 Å². The molecule has 0 aliphatic carbocycles. The molecule has 1 fully saturated rings. The maximum atomic E-state index is 13.5. The van der Waals surface area contributed by atoms with Crippen LogP contribution in [0.4, 0.5) is 15.8 Å². The lowest BCUT2D eigenvalue weighted by Gasteiger charge is -2.37. The van der Waals surface area contributed by atoms with E-state index in [-0.39, 0.29) is 17.3 Å². The fourth-order valence-electron chi connectivity index (χ4n) is 4.10. The van der Waals surface area contributed by atoms with Crippen molar-refractivity contribution in [1.29, 1.82) is 0 Å². The molecule has 3 aromatic carbocycles. The molecule has 1 amide bonds. The molecular weight excluding hydrogens is 489 g/mol. The van der Waals surface area contributed by atoms with E-state index < -0.39 is 15.8 Å². The first-order valence-corrected chi connectivity index (χ1v) is 13.1. The van der Waals surface area contributed by atoms with Crippen LogP contribution in [0.5, 0.6) is 0 Å². The van der Waals surface area contributed by atoms with Crippen LogP contribution in [0.25, 0.3) is 0 Å². The Hall–Kier alpha value is -3.10. The van der Waals surface area contributed by atoms with Crippen molar-refractivity contribution in [2.24, 2.45) is 0 Å². The van der Waals surface area contributed by atoms with Gasteiger partial charge < -0.3 is 9.80 Å². The lowest BCUT2D eigenvalue weighted by atomic mass is 10.1. The minimum absolute atomic E-state index is 0.0754. The highest BCUT2D eigenvalue weighted by Gasteiger charge is 2.30. The van der Waals surface area contributed by atoms with Crippen molar-refractivity contribution in [1.82, 2.24) is 4.90 Å². The molecule has 0 N–H and O–H groups in total. The number of amides is 1. The Morgan fingerprint density at radius 2 is 1.57 bits per heavy atom. The predicted octanol–water partition coefficient (Wildman–Crippen LogP) is 4.64. The molecule has 184 valence electrons. The SMILES string of the molecule is Cc1ccc(N(CC(=O)N2CCN(c3cc(Cl)ccc3C)CC2)S(=O)(=O)c2ccc(F)cc2)cc1. The van der Waals surface area contributed by atoms with Crippen molar-refractivity contribution < 1.29 is 17.6 Å². The van der Waals surface area contributed by atoms with Crippen LogP contribution >= 0.6 is 11.6 Å². The molecule has 35 heavy (non-hydrogen) atoms. The average molecular weight is 516 g/mol. The van der Waals surface area contributed by atoms with Crippen molar-refractivity contribution in [3.63, 3.8) is 0 Å². The number of aryl methyl sites for hydroxylation is 2. The van der Waals surface area contributed by atoms with Gasteiger partial charge in [-0.2, -0.15) is 0 Å². The lowest BCUT2D eigenvalue weighted by Crippen LogP contribution is -2.52. The van der Waals surface area contributed by atoms with Gasteiger partial charge in [-0.3, -0.25) is 9.10 Å². The summed E-state index contributed by atoms with van der Waals surface area (Å²) < 4.78 is 41.4. The maximum Gasteiger partial charge on any atom is 0.264 e. The van der Waals surface area contributed by atoms with E-state index in [1.807, 2.05) is 32.0 Å². The molecule has 1 aliphatic heterocycles. The standard InChI is InChI=1S/C26H27ClFN3O3S/c1-19-3-9-23(10-4-19)31(35(33,34)24-11-7-22(28)8-12-24)18-26(32)30-15-13-29(14-16-30)25-17-21(27)6-5-20(25)2/h3-12,17H,13-16,18H2,1-2H3. The zero-order valence-electron chi connectivity index (χ0n) is 19.6. The molecule has 0 saturated carbocycles. The molecule has 0 bridgehead atoms. The first kappa shape index (κ1) is 25.0. The van der Waals surface area contributed by atoms with Crippen LogP contribution in [-0.4, -0.2) is 51.9 Å². The number of anilines is 2. The minimum atomic E-state index is -4.09. The molecule has 1 aliphatic rings. The van der Waals surface area contributed by atoms with Crippen molar-refractivity contribution >= 4 is 38.9 Å². The zero-order chi connectivity index (χ0) is 25.2. The quantitative estimate of drug-likeness (QED) is 0.480. The molecule has 0 aromatic heterocycles. The summed E-state index contributed by atoms with van der Waals surface area (Å²) >= 11 is 6.17. The molecule has 0 atom stereocenters. The van der Waals surface area contributed by atoms with Gasteiger partial charge in [-0.05, 0) is 67.9 Å². The highest BCUT2D eigenvalue weighted by molar-refractivity contribution is 7.92. The summed E-state index contributed by atoms with van der Waals surface area (Å²) in [5.41, 5.74) is 3.47. The monoisotopic (exact) mass is 515 g/mol. The van der Waals surface area contributed by atoms with Gasteiger partial charge in [-0.1, -0.05) is 35.4 Å². The predicted molar refractivity (Wildman–Crippen MR) is 137 cm³/mol. The second kappa shape index (κ2) is 10.3. The summed E-state index contributed by atoms with van der Waals surface area (Å²) in [5, 5.41) is 0.656. The Morgan fingerprint density at radius 3 is 2.20 bits per heavy atom. The fraction of sp³-hybridized carbons (Fsp3) is 0.269. The topological polar surface area (TPSA) is 60.9 Å². The van der Waals surface area contributed by atoms with Gasteiger partial charge in [0, 0.05) is 36.9 Å². The van der Waals surface area contributed by atoms with Gasteiger partial charge in [0.05, 0.1) is 10.6 Å². The summed E-state index contributed by atoms with van der Waals surface area (Å²) in [4.78, 5) is 17.0. The Kier molecular flexibility index (Phi) is 7.33. The van der Waals surface area contributed by atoms with Gasteiger partial charge >= 0.3 is 0 Å². The molecule has 0 radical (unpaired) electrons. The molecule has 1 saturated heterocycles. The van der Waals surface area contributed by atoms with E-state index in [4.69, 9.17) is 11.6 Å². The van der Waals surface area contributed by atoms with Crippen LogP contribution in [0.3, 0.4) is 0 Å². The van der Waals surface area contributed by atoms with Crippen LogP contribution in [0.1, 0.15) is 11.1 Å². The number of hydrogen-bond donors (Lipinski definition) is 0. The number of piperazine rings is 1. The summed E-state index contributed by atoms with van der Waals surface area (Å²) in [7, 11) is -4.09. The molecule has 0 spiro atoms. The fourth-order valence-corrected chi connectivity index (χ4v) is 5.68. The van der Waals surface area contributed by atoms with Crippen LogP contribution in [-0.2, 0) is 14.8 Å². The number of halogens is 2. The van der Waals surface area contributed by atoms with Gasteiger partial charge in [0.1, 0.15) is 12.4 Å². The molecule has 3 aromatic rings. The molecule has 4 rings (SSSR count). The lowest BCUT2D eigenvalue weighted by molar-refractivity contribution is -0.129. The molecule has 0 unspecified atom stereocenters. The zero-order valence-corrected chi connectivity index (χ0v) is 21.2. The van der Waals surface area contributed by atoms with Crippen LogP contribution in [0, 0.1) is 19.7 Å². The number of rotatable bonds is 6. The van der Waals surface area contributed by atoms with E-state index in [9.17, 15) is 17.6 Å². The van der Waals surface area contributed by atoms with E-state index in [1.54, 1.807) is 29.2 Å². The highest BCUT2D eigenvalue weighted by atomic mass is 35.5. The van der Waals surface area contributed by atoms with E-state index in [1.165, 1.54) is 12.1 Å². The van der Waals surface area contributed by atoms with Crippen molar-refractivity contribution in [3.8, 4) is 0 Å². The maximum absolute atomic E-state index is 13.5. The van der Waals surface area contributed by atoms with Gasteiger partial charge in [-0.15, -0.1) is 0 Å². The summed E-state index contributed by atoms with van der Waals surface area (Å²) in [6.07, 6.45) is 0. The molecule has 1 heterocycles. The first-order valence-electron chi connectivity index (χ1n) is 11.3. The van der Waals surface area contributed by atoms with Crippen LogP contribution in [0.15, 0.2) is 71.6 Å². The third-order valence-corrected chi connectivity index (χ3v) is 8.17. The Morgan fingerprint density at radius 1 is 0.943 bits per heavy atom. The molecule has 6 nitrogen and oxygen atoms in total. The Bertz CT molecular complexity index is 1310. The average Bonchev–Trinajstić information content (AvgIpc) is 2.85. The number of carbonyl (C=O) groups is 1. The number of hydrogen-bond acceptors (Lipinski definition) is 4. The number of sulfonamides is 1. The van der Waals surface area contributed by atoms with Crippen molar-refractivity contribution in [2.75, 3.05) is 41.9 Å². The van der Waals surface area contributed by atoms with E-state index in [2.05, 4.69) is 4.90 Å². The van der Waals surface area contributed by atoms with Crippen molar-refractivity contribution in [3.05, 3.63) is 88.7 Å². The largest absolute Gasteiger partial charge is 0.368 e. The number of carbonyl (C=O) groups excluding carboxylic acids is 1. The van der Waals surface area contributed by atoms with Crippen molar-refractivity contribution in [2.45, 2.75) is 18.7 Å². The smallest absolute Gasteiger partial charge is 0.264 e. The van der Waals surface area contributed by atoms with E-state index >= 15 is 0 Å². The minimum Gasteiger partial charge on any atom is -0.368 e. The second-order valence-corrected chi connectivity index (χ2v) is 10.9. The normalized spacial score (nSPS) is 14.2. The first-order chi connectivity index (χ1) is 16.6. The third-order valence-electron chi connectivity index (χ3n) is 6.15. The highest BCUT2D eigenvalue weighted by Crippen LogP contribution is 2.27. The Labute approximate surface area is 210 Å². The second-order valence-electron chi connectivity index (χ2n) is 8.60. The summed E-state index contributed by atoms with van der Waals surface area (Å²) in [6.45, 7) is 5.72. The van der Waals surface area contributed by atoms with Crippen LogP contribution < -0.4 is 9.21 Å². The van der Waals surface area contributed by atoms with Gasteiger partial charge in [0.2, 0.25) is 5.91 Å². The summed E-state index contributed by atoms with van der Waals surface area (Å²) in [6, 6.07) is 17.3. The van der Waals surface area contributed by atoms with E-state index in [0.717, 1.165) is 33.3 Å². The van der Waals surface area contributed by atoms with Crippen LogP contribution in [0.2, 0.25) is 5.02 Å². The summed E-state index contributed by atoms with van der Waals surface area (Å²) in [5.74, 6) is -0.826. The van der Waals surface area contributed by atoms with Gasteiger partial charge in [0.25, 0.3) is 10.0 Å². The number of nitrogens with zero attached hydrogens (tertiary/aromatic N) is 3. The van der Waals surface area contributed by atoms with Gasteiger partial charge in [-0.25, -0.2) is 12.8 Å². The molecule has 9 heteroatoms. The third kappa shape index (κ3) is 5.60. The Balaban J connectivity index is 1.53. The molecular formula is C26H27ClFN3O3S.